The number of amides is 2. The predicted octanol–water partition coefficient (Wildman–Crippen LogP) is 10.9. The monoisotopic (exact) mass is 583 g/mol. The molecule has 0 heterocycles. The number of hydrogen-bond donors (Lipinski definition) is 2. The van der Waals surface area contributed by atoms with Crippen LogP contribution in [0.1, 0.15) is 142 Å². The molecule has 0 saturated heterocycles. The van der Waals surface area contributed by atoms with Crippen LogP contribution in [0.4, 0.5) is 0 Å². The van der Waals surface area contributed by atoms with Gasteiger partial charge in [0.2, 0.25) is 11.8 Å². The van der Waals surface area contributed by atoms with Crippen molar-refractivity contribution in [3.8, 4) is 0 Å². The van der Waals surface area contributed by atoms with E-state index in [-0.39, 0.29) is 11.8 Å². The third kappa shape index (κ3) is 50.0. The molecule has 0 spiro atoms. The number of rotatable bonds is 26. The quantitative estimate of drug-likeness (QED) is 0.0785. The zero-order valence-corrected chi connectivity index (χ0v) is 27.5. The minimum absolute atomic E-state index is 0.175. The van der Waals surface area contributed by atoms with Gasteiger partial charge >= 0.3 is 0 Å². The van der Waals surface area contributed by atoms with E-state index < -0.39 is 0 Å². The maximum absolute atomic E-state index is 10.5. The molecule has 0 aliphatic carbocycles. The van der Waals surface area contributed by atoms with Crippen molar-refractivity contribution in [3.05, 3.63) is 86.1 Å². The molecule has 0 aromatic heterocycles. The molecule has 0 aliphatic rings. The third-order valence-corrected chi connectivity index (χ3v) is 6.15. The molecule has 240 valence electrons. The van der Waals surface area contributed by atoms with Gasteiger partial charge in [-0.3, -0.25) is 9.59 Å². The van der Waals surface area contributed by atoms with Gasteiger partial charge in [-0.2, -0.15) is 0 Å². The van der Waals surface area contributed by atoms with E-state index in [1.807, 2.05) is 0 Å². The normalized spacial score (nSPS) is 11.6. The fourth-order valence-corrected chi connectivity index (χ4v) is 3.84. The molecule has 42 heavy (non-hydrogen) atoms. The summed E-state index contributed by atoms with van der Waals surface area (Å²) in [5.41, 5.74) is 10.2. The molecule has 0 aliphatic heterocycles. The summed E-state index contributed by atoms with van der Waals surface area (Å²) < 4.78 is 0. The van der Waals surface area contributed by atoms with Crippen LogP contribution in [0.15, 0.2) is 86.1 Å². The first-order chi connectivity index (χ1) is 20.5. The van der Waals surface area contributed by atoms with Crippen LogP contribution < -0.4 is 11.5 Å². The van der Waals surface area contributed by atoms with Gasteiger partial charge in [0.05, 0.1) is 0 Å². The lowest BCUT2D eigenvalue weighted by atomic mass is 10.1. The van der Waals surface area contributed by atoms with Gasteiger partial charge in [-0.05, 0) is 77.0 Å². The highest BCUT2D eigenvalue weighted by molar-refractivity contribution is 5.73. The number of nitrogens with two attached hydrogens (primary N) is 2. The first-order valence-electron chi connectivity index (χ1n) is 16.5. The van der Waals surface area contributed by atoms with Crippen molar-refractivity contribution in [3.63, 3.8) is 0 Å². The highest BCUT2D eigenvalue weighted by atomic mass is 16.1. The average molecular weight is 583 g/mol. The molecular weight excluding hydrogens is 516 g/mol. The summed E-state index contributed by atoms with van der Waals surface area (Å²) in [5.74, 6) is -0.350. The molecule has 4 N–H and O–H groups in total. The maximum atomic E-state index is 10.5. The molecule has 0 bridgehead atoms. The average Bonchev–Trinajstić information content (AvgIpc) is 2.98. The number of allylic oxidation sites excluding steroid dienone is 12. The van der Waals surface area contributed by atoms with E-state index in [1.165, 1.54) is 51.4 Å². The highest BCUT2D eigenvalue weighted by Crippen LogP contribution is 2.08. The van der Waals surface area contributed by atoms with Crippen LogP contribution in [0.3, 0.4) is 0 Å². The van der Waals surface area contributed by atoms with Gasteiger partial charge in [-0.15, -0.1) is 13.2 Å². The maximum Gasteiger partial charge on any atom is 0.217 e. The van der Waals surface area contributed by atoms with Gasteiger partial charge < -0.3 is 11.5 Å². The van der Waals surface area contributed by atoms with Crippen LogP contribution >= 0.6 is 0 Å². The second-order valence-electron chi connectivity index (χ2n) is 10.1. The Bertz CT molecular complexity index is 682. The third-order valence-electron chi connectivity index (χ3n) is 6.15. The van der Waals surface area contributed by atoms with Crippen molar-refractivity contribution >= 4 is 11.8 Å². The Kier molecular flexibility index (Phi) is 44.2. The summed E-state index contributed by atoms with van der Waals surface area (Å²) in [6.45, 7) is 10.3. The Morgan fingerprint density at radius 2 is 0.690 bits per heavy atom. The minimum Gasteiger partial charge on any atom is -0.370 e. The number of hydrogen-bond acceptors (Lipinski definition) is 2. The van der Waals surface area contributed by atoms with Crippen LogP contribution in [0.2, 0.25) is 0 Å². The van der Waals surface area contributed by atoms with Crippen molar-refractivity contribution in [2.24, 2.45) is 11.5 Å². The zero-order valence-electron chi connectivity index (χ0n) is 27.5. The standard InChI is InChI=1S/2C18H31NO.C2H4/c2*1-2-3-4-5-6-7-8-9-10-11-12-13-14-15-16-17-18(19)20;1-2/h2*3-4,6-7,9-10H,2,5,8,11-17H2,1H3,(H2,19,20);1-2H2/b2*4-3-,7-6-,10-9-;. The molecule has 0 aromatic rings. The van der Waals surface area contributed by atoms with E-state index in [0.717, 1.165) is 64.2 Å². The van der Waals surface area contributed by atoms with Gasteiger partial charge in [0.1, 0.15) is 0 Å². The molecule has 0 unspecified atom stereocenters. The summed E-state index contributed by atoms with van der Waals surface area (Å²) in [5, 5.41) is 0. The molecule has 4 nitrogen and oxygen atoms in total. The second kappa shape index (κ2) is 42.6. The Morgan fingerprint density at radius 3 is 1.00 bits per heavy atom. The van der Waals surface area contributed by atoms with Gasteiger partial charge in [0.15, 0.2) is 0 Å². The van der Waals surface area contributed by atoms with Gasteiger partial charge in [-0.25, -0.2) is 0 Å². The Labute approximate surface area is 260 Å². The lowest BCUT2D eigenvalue weighted by Crippen LogP contribution is -2.09. The summed E-state index contributed by atoms with van der Waals surface area (Å²) in [7, 11) is 0. The van der Waals surface area contributed by atoms with Crippen LogP contribution in [0, 0.1) is 0 Å². The van der Waals surface area contributed by atoms with E-state index >= 15 is 0 Å². The first-order valence-corrected chi connectivity index (χ1v) is 16.5. The molecule has 0 saturated carbocycles. The van der Waals surface area contributed by atoms with Crippen LogP contribution in [0.5, 0.6) is 0 Å². The predicted molar refractivity (Wildman–Crippen MR) is 188 cm³/mol. The summed E-state index contributed by atoms with van der Waals surface area (Å²) in [4.78, 5) is 21.1. The van der Waals surface area contributed by atoms with Crippen molar-refractivity contribution < 1.29 is 9.59 Å². The van der Waals surface area contributed by atoms with Crippen molar-refractivity contribution in [1.29, 1.82) is 0 Å². The van der Waals surface area contributed by atoms with Crippen LogP contribution in [0.25, 0.3) is 0 Å². The Balaban J connectivity index is -0.000000683. The fraction of sp³-hybridized carbons (Fsp3) is 0.579. The number of carbonyl (C=O) groups is 2. The minimum atomic E-state index is -0.175. The Hall–Kier alpha value is -2.88. The topological polar surface area (TPSA) is 86.2 Å². The Morgan fingerprint density at radius 1 is 0.429 bits per heavy atom. The fourth-order valence-electron chi connectivity index (χ4n) is 3.84. The highest BCUT2D eigenvalue weighted by Gasteiger charge is 1.95. The SMILES string of the molecule is C=C.CC/C=C\C/C=C\C/C=C\CCCCCCCC(N)=O.CC/C=C\C/C=C\C/C=C\CCCCCCCC(N)=O. The first kappa shape index (κ1) is 43.6. The lowest BCUT2D eigenvalue weighted by Gasteiger charge is -1.98. The molecule has 0 aromatic carbocycles. The van der Waals surface area contributed by atoms with Crippen molar-refractivity contribution in [2.45, 2.75) is 142 Å². The van der Waals surface area contributed by atoms with E-state index in [2.05, 4.69) is 99.9 Å². The summed E-state index contributed by atoms with van der Waals surface area (Å²) in [6, 6.07) is 0. The molecule has 0 radical (unpaired) electrons. The van der Waals surface area contributed by atoms with E-state index in [0.29, 0.717) is 12.8 Å². The van der Waals surface area contributed by atoms with Gasteiger partial charge in [0, 0.05) is 12.8 Å². The molecule has 4 heteroatoms. The van der Waals surface area contributed by atoms with Crippen molar-refractivity contribution in [1.82, 2.24) is 0 Å². The molecule has 2 amide bonds. The van der Waals surface area contributed by atoms with Crippen LogP contribution in [-0.2, 0) is 9.59 Å². The van der Waals surface area contributed by atoms with E-state index in [1.54, 1.807) is 0 Å². The summed E-state index contributed by atoms with van der Waals surface area (Å²) in [6.07, 6.45) is 48.1. The van der Waals surface area contributed by atoms with Gasteiger partial charge in [-0.1, -0.05) is 125 Å². The lowest BCUT2D eigenvalue weighted by molar-refractivity contribution is -0.119. The largest absolute Gasteiger partial charge is 0.370 e. The van der Waals surface area contributed by atoms with Crippen LogP contribution in [-0.4, -0.2) is 11.8 Å². The van der Waals surface area contributed by atoms with E-state index in [9.17, 15) is 9.59 Å². The second-order valence-corrected chi connectivity index (χ2v) is 10.1. The molecular formula is C38H66N2O2. The molecule has 0 rings (SSSR count). The number of primary amides is 2. The summed E-state index contributed by atoms with van der Waals surface area (Å²) >= 11 is 0. The molecule has 0 fully saturated rings. The van der Waals surface area contributed by atoms with Gasteiger partial charge in [0.25, 0.3) is 0 Å². The zero-order chi connectivity index (χ0) is 31.8. The number of unbranched alkanes of at least 4 members (excludes halogenated alkanes) is 10. The van der Waals surface area contributed by atoms with Crippen molar-refractivity contribution in [2.75, 3.05) is 0 Å². The van der Waals surface area contributed by atoms with E-state index in [4.69, 9.17) is 11.5 Å². The smallest absolute Gasteiger partial charge is 0.217 e. The number of carbonyl (C=O) groups excluding carboxylic acids is 2. The molecule has 0 atom stereocenters.